The number of ketones is 1. The van der Waals surface area contributed by atoms with Gasteiger partial charge in [0.2, 0.25) is 0 Å². The minimum absolute atomic E-state index is 0.0796. The summed E-state index contributed by atoms with van der Waals surface area (Å²) in [6, 6.07) is 12.2. The van der Waals surface area contributed by atoms with Crippen LogP contribution in [0.15, 0.2) is 48.5 Å². The maximum atomic E-state index is 12.6. The summed E-state index contributed by atoms with van der Waals surface area (Å²) in [4.78, 5) is 12.6. The van der Waals surface area contributed by atoms with Crippen LogP contribution in [0, 0.1) is 0 Å². The molecule has 0 unspecified atom stereocenters. The van der Waals surface area contributed by atoms with Gasteiger partial charge in [0.1, 0.15) is 22.8 Å². The molecule has 0 atom stereocenters. The fraction of sp³-hybridized carbons (Fsp3) is 0.348. The molecule has 2 aromatic carbocycles. The van der Waals surface area contributed by atoms with E-state index in [4.69, 9.17) is 14.2 Å². The quantitative estimate of drug-likeness (QED) is 0.235. The van der Waals surface area contributed by atoms with Crippen LogP contribution in [0.1, 0.15) is 48.5 Å². The van der Waals surface area contributed by atoms with Gasteiger partial charge in [-0.25, -0.2) is 0 Å². The van der Waals surface area contributed by atoms with E-state index >= 15 is 0 Å². The number of allylic oxidation sites excluding steroid dienone is 1. The standard InChI is InChI=1S/C23H28O5/c1-3-4-5-6-16-27-22-9-7-8-20(24)23(22)21(25)15-12-18-10-13-19(14-11-18)28-17-26-2/h7-15,24H,3-6,16-17H2,1-2H3/b15-12+. The van der Waals surface area contributed by atoms with Crippen molar-refractivity contribution in [3.63, 3.8) is 0 Å². The molecule has 0 saturated heterocycles. The van der Waals surface area contributed by atoms with Crippen LogP contribution in [0.4, 0.5) is 0 Å². The molecule has 5 heteroatoms. The van der Waals surface area contributed by atoms with Crippen molar-refractivity contribution in [3.05, 3.63) is 59.7 Å². The second kappa shape index (κ2) is 11.8. The summed E-state index contributed by atoms with van der Waals surface area (Å²) in [5.41, 5.74) is 1.03. The molecule has 2 rings (SSSR count). The highest BCUT2D eigenvalue weighted by atomic mass is 16.7. The predicted molar refractivity (Wildman–Crippen MR) is 110 cm³/mol. The van der Waals surface area contributed by atoms with Crippen LogP contribution in [-0.4, -0.2) is 31.4 Å². The van der Waals surface area contributed by atoms with Gasteiger partial charge < -0.3 is 19.3 Å². The summed E-state index contributed by atoms with van der Waals surface area (Å²) < 4.78 is 15.9. The topological polar surface area (TPSA) is 65.0 Å². The van der Waals surface area contributed by atoms with E-state index in [2.05, 4.69) is 6.92 Å². The van der Waals surface area contributed by atoms with Crippen LogP contribution >= 0.6 is 0 Å². The Morgan fingerprint density at radius 3 is 2.54 bits per heavy atom. The summed E-state index contributed by atoms with van der Waals surface area (Å²) >= 11 is 0. The Balaban J connectivity index is 2.03. The molecule has 0 aliphatic rings. The normalized spacial score (nSPS) is 10.9. The molecule has 2 aromatic rings. The third kappa shape index (κ3) is 6.74. The molecule has 0 aliphatic heterocycles. The molecular formula is C23H28O5. The molecule has 0 radical (unpaired) electrons. The van der Waals surface area contributed by atoms with E-state index < -0.39 is 0 Å². The lowest BCUT2D eigenvalue weighted by Gasteiger charge is -2.11. The van der Waals surface area contributed by atoms with Crippen molar-refractivity contribution in [2.24, 2.45) is 0 Å². The van der Waals surface area contributed by atoms with Gasteiger partial charge in [0.05, 0.1) is 6.61 Å². The van der Waals surface area contributed by atoms with Gasteiger partial charge in [-0.3, -0.25) is 4.79 Å². The third-order valence-corrected chi connectivity index (χ3v) is 4.16. The first-order chi connectivity index (χ1) is 13.7. The van der Waals surface area contributed by atoms with Crippen molar-refractivity contribution in [1.29, 1.82) is 0 Å². The van der Waals surface area contributed by atoms with Gasteiger partial charge in [-0.1, -0.05) is 50.5 Å². The minimum Gasteiger partial charge on any atom is -0.507 e. The van der Waals surface area contributed by atoms with Crippen LogP contribution in [0.25, 0.3) is 6.08 Å². The summed E-state index contributed by atoms with van der Waals surface area (Å²) in [5, 5.41) is 10.2. The second-order valence-corrected chi connectivity index (χ2v) is 6.38. The molecule has 0 spiro atoms. The molecule has 0 aliphatic carbocycles. The van der Waals surface area contributed by atoms with Crippen LogP contribution < -0.4 is 9.47 Å². The fourth-order valence-corrected chi connectivity index (χ4v) is 2.66. The molecule has 0 amide bonds. The summed E-state index contributed by atoms with van der Waals surface area (Å²) in [5.74, 6) is 0.713. The van der Waals surface area contributed by atoms with E-state index in [1.807, 2.05) is 12.1 Å². The first kappa shape index (κ1) is 21.5. The summed E-state index contributed by atoms with van der Waals surface area (Å²) in [6.45, 7) is 2.86. The lowest BCUT2D eigenvalue weighted by atomic mass is 10.1. The summed E-state index contributed by atoms with van der Waals surface area (Å²) in [7, 11) is 1.56. The number of methoxy groups -OCH3 is 1. The Hall–Kier alpha value is -2.79. The van der Waals surface area contributed by atoms with Crippen LogP contribution in [0.3, 0.4) is 0 Å². The number of ether oxygens (including phenoxy) is 3. The molecule has 0 aromatic heterocycles. The van der Waals surface area contributed by atoms with Crippen molar-refractivity contribution < 1.29 is 24.1 Å². The molecule has 1 N–H and O–H groups in total. The molecule has 150 valence electrons. The van der Waals surface area contributed by atoms with Crippen molar-refractivity contribution in [3.8, 4) is 17.2 Å². The van der Waals surface area contributed by atoms with Gasteiger partial charge in [0, 0.05) is 7.11 Å². The average Bonchev–Trinajstić information content (AvgIpc) is 2.71. The van der Waals surface area contributed by atoms with Crippen molar-refractivity contribution in [1.82, 2.24) is 0 Å². The minimum atomic E-state index is -0.304. The Morgan fingerprint density at radius 1 is 1.04 bits per heavy atom. The number of carbonyl (C=O) groups is 1. The fourth-order valence-electron chi connectivity index (χ4n) is 2.66. The highest BCUT2D eigenvalue weighted by Gasteiger charge is 2.15. The zero-order valence-electron chi connectivity index (χ0n) is 16.5. The Bertz CT molecular complexity index is 765. The third-order valence-electron chi connectivity index (χ3n) is 4.16. The van der Waals surface area contributed by atoms with E-state index in [1.54, 1.807) is 37.5 Å². The first-order valence-electron chi connectivity index (χ1n) is 9.54. The van der Waals surface area contributed by atoms with Gasteiger partial charge >= 0.3 is 0 Å². The molecule has 5 nitrogen and oxygen atoms in total. The van der Waals surface area contributed by atoms with E-state index in [1.165, 1.54) is 12.1 Å². The number of benzene rings is 2. The number of phenols is 1. The average molecular weight is 384 g/mol. The van der Waals surface area contributed by atoms with Crippen molar-refractivity contribution >= 4 is 11.9 Å². The van der Waals surface area contributed by atoms with E-state index in [0.29, 0.717) is 18.1 Å². The van der Waals surface area contributed by atoms with Crippen LogP contribution in [0.5, 0.6) is 17.2 Å². The number of carbonyl (C=O) groups excluding carboxylic acids is 1. The Labute approximate surface area is 166 Å². The predicted octanol–water partition coefficient (Wildman–Crippen LogP) is 5.23. The van der Waals surface area contributed by atoms with Gasteiger partial charge in [-0.05, 0) is 42.3 Å². The van der Waals surface area contributed by atoms with E-state index in [0.717, 1.165) is 31.2 Å². The molecule has 28 heavy (non-hydrogen) atoms. The van der Waals surface area contributed by atoms with Gasteiger partial charge in [0.15, 0.2) is 12.6 Å². The number of unbranched alkanes of at least 4 members (excludes halogenated alkanes) is 3. The number of aromatic hydroxyl groups is 1. The molecule has 0 bridgehead atoms. The lowest BCUT2D eigenvalue weighted by Crippen LogP contribution is -2.04. The van der Waals surface area contributed by atoms with E-state index in [-0.39, 0.29) is 23.9 Å². The molecular weight excluding hydrogens is 356 g/mol. The van der Waals surface area contributed by atoms with Gasteiger partial charge in [-0.15, -0.1) is 0 Å². The van der Waals surface area contributed by atoms with E-state index in [9.17, 15) is 9.90 Å². The number of hydrogen-bond donors (Lipinski definition) is 1. The second-order valence-electron chi connectivity index (χ2n) is 6.38. The zero-order chi connectivity index (χ0) is 20.2. The first-order valence-corrected chi connectivity index (χ1v) is 9.54. The number of rotatable bonds is 12. The maximum Gasteiger partial charge on any atom is 0.193 e. The van der Waals surface area contributed by atoms with Gasteiger partial charge in [-0.2, -0.15) is 0 Å². The number of hydrogen-bond acceptors (Lipinski definition) is 5. The lowest BCUT2D eigenvalue weighted by molar-refractivity contribution is 0.0511. The Kier molecular flexibility index (Phi) is 9.08. The van der Waals surface area contributed by atoms with Crippen LogP contribution in [0.2, 0.25) is 0 Å². The van der Waals surface area contributed by atoms with Gasteiger partial charge in [0.25, 0.3) is 0 Å². The smallest absolute Gasteiger partial charge is 0.193 e. The molecule has 0 heterocycles. The highest BCUT2D eigenvalue weighted by molar-refractivity contribution is 6.10. The van der Waals surface area contributed by atoms with Crippen molar-refractivity contribution in [2.75, 3.05) is 20.5 Å². The maximum absolute atomic E-state index is 12.6. The summed E-state index contributed by atoms with van der Waals surface area (Å²) in [6.07, 6.45) is 7.45. The van der Waals surface area contributed by atoms with Crippen molar-refractivity contribution in [2.45, 2.75) is 32.6 Å². The monoisotopic (exact) mass is 384 g/mol. The Morgan fingerprint density at radius 2 is 1.82 bits per heavy atom. The zero-order valence-corrected chi connectivity index (χ0v) is 16.5. The van der Waals surface area contributed by atoms with Crippen LogP contribution in [-0.2, 0) is 4.74 Å². The highest BCUT2D eigenvalue weighted by Crippen LogP contribution is 2.29. The largest absolute Gasteiger partial charge is 0.507 e. The number of phenolic OH excluding ortho intramolecular Hbond substituents is 1. The molecule has 0 saturated carbocycles. The SMILES string of the molecule is CCCCCCOc1cccc(O)c1C(=O)/C=C/c1ccc(OCOC)cc1. The molecule has 0 fully saturated rings.